The van der Waals surface area contributed by atoms with Crippen molar-refractivity contribution >= 4 is 5.65 Å². The highest BCUT2D eigenvalue weighted by molar-refractivity contribution is 5.35. The van der Waals surface area contributed by atoms with Gasteiger partial charge in [0.2, 0.25) is 0 Å². The zero-order valence-corrected chi connectivity index (χ0v) is 12.7. The molecule has 0 unspecified atom stereocenters. The van der Waals surface area contributed by atoms with Gasteiger partial charge in [-0.1, -0.05) is 12.1 Å². The van der Waals surface area contributed by atoms with Gasteiger partial charge in [0.05, 0.1) is 13.2 Å². The monoisotopic (exact) mass is 313 g/mol. The van der Waals surface area contributed by atoms with Crippen molar-refractivity contribution < 1.29 is 5.11 Å². The molecule has 3 rings (SSSR count). The van der Waals surface area contributed by atoms with E-state index in [2.05, 4.69) is 15.0 Å². The summed E-state index contributed by atoms with van der Waals surface area (Å²) in [6, 6.07) is 9.35. The summed E-state index contributed by atoms with van der Waals surface area (Å²) >= 11 is 0. The molecule has 0 amide bonds. The molecule has 7 nitrogen and oxygen atoms in total. The van der Waals surface area contributed by atoms with Crippen molar-refractivity contribution in [2.24, 2.45) is 0 Å². The maximum Gasteiger partial charge on any atom is 0.350 e. The van der Waals surface area contributed by atoms with Crippen LogP contribution in [-0.4, -0.2) is 48.9 Å². The number of hydrogen-bond acceptors (Lipinski definition) is 5. The first-order valence-corrected chi connectivity index (χ1v) is 7.54. The second-order valence-electron chi connectivity index (χ2n) is 5.30. The fourth-order valence-corrected chi connectivity index (χ4v) is 2.51. The Morgan fingerprint density at radius 3 is 2.83 bits per heavy atom. The average Bonchev–Trinajstić information content (AvgIpc) is 2.90. The lowest BCUT2D eigenvalue weighted by Crippen LogP contribution is -2.33. The van der Waals surface area contributed by atoms with Crippen LogP contribution in [0.25, 0.3) is 5.65 Å². The third kappa shape index (κ3) is 3.64. The molecule has 3 aromatic heterocycles. The van der Waals surface area contributed by atoms with E-state index in [1.54, 1.807) is 24.5 Å². The molecule has 0 bridgehead atoms. The van der Waals surface area contributed by atoms with Crippen molar-refractivity contribution in [3.05, 3.63) is 65.0 Å². The molecule has 0 saturated heterocycles. The highest BCUT2D eigenvalue weighted by Crippen LogP contribution is 2.03. The van der Waals surface area contributed by atoms with Crippen molar-refractivity contribution in [1.82, 2.24) is 24.1 Å². The molecule has 0 fully saturated rings. The van der Waals surface area contributed by atoms with Crippen LogP contribution in [0.3, 0.4) is 0 Å². The summed E-state index contributed by atoms with van der Waals surface area (Å²) in [6.07, 6.45) is 5.25. The lowest BCUT2D eigenvalue weighted by Gasteiger charge is -2.20. The van der Waals surface area contributed by atoms with Gasteiger partial charge in [0.15, 0.2) is 5.65 Å². The zero-order valence-electron chi connectivity index (χ0n) is 12.7. The van der Waals surface area contributed by atoms with E-state index < -0.39 is 0 Å². The molecule has 23 heavy (non-hydrogen) atoms. The third-order valence-electron chi connectivity index (χ3n) is 3.66. The molecular weight excluding hydrogens is 294 g/mol. The Balaban J connectivity index is 1.70. The minimum Gasteiger partial charge on any atom is -0.395 e. The van der Waals surface area contributed by atoms with Crippen LogP contribution >= 0.6 is 0 Å². The molecule has 120 valence electrons. The molecule has 3 aromatic rings. The predicted molar refractivity (Wildman–Crippen MR) is 86.1 cm³/mol. The van der Waals surface area contributed by atoms with Crippen molar-refractivity contribution in [2.75, 3.05) is 19.7 Å². The highest BCUT2D eigenvalue weighted by Gasteiger charge is 2.09. The fourth-order valence-electron chi connectivity index (χ4n) is 2.51. The Bertz CT molecular complexity index is 812. The van der Waals surface area contributed by atoms with Gasteiger partial charge in [-0.3, -0.25) is 14.3 Å². The van der Waals surface area contributed by atoms with Gasteiger partial charge in [-0.05, 0) is 23.8 Å². The Kier molecular flexibility index (Phi) is 4.80. The Morgan fingerprint density at radius 2 is 2.09 bits per heavy atom. The summed E-state index contributed by atoms with van der Waals surface area (Å²) < 4.78 is 2.99. The van der Waals surface area contributed by atoms with E-state index in [-0.39, 0.29) is 12.3 Å². The maximum absolute atomic E-state index is 12.2. The van der Waals surface area contributed by atoms with E-state index in [9.17, 15) is 9.90 Å². The van der Waals surface area contributed by atoms with Crippen LogP contribution in [0.15, 0.2) is 53.7 Å². The Hall–Kier alpha value is -2.51. The van der Waals surface area contributed by atoms with Crippen LogP contribution in [0.1, 0.15) is 5.56 Å². The molecule has 0 saturated carbocycles. The summed E-state index contributed by atoms with van der Waals surface area (Å²) in [7, 11) is 0. The van der Waals surface area contributed by atoms with E-state index >= 15 is 0 Å². The van der Waals surface area contributed by atoms with Gasteiger partial charge >= 0.3 is 5.69 Å². The highest BCUT2D eigenvalue weighted by atomic mass is 16.3. The van der Waals surface area contributed by atoms with E-state index in [0.717, 1.165) is 5.56 Å². The SMILES string of the molecule is O=c1n(CCN(CCO)Cc2cccnc2)nc2ccccn12. The van der Waals surface area contributed by atoms with E-state index in [1.165, 1.54) is 9.08 Å². The molecule has 0 aliphatic carbocycles. The molecule has 1 N–H and O–H groups in total. The lowest BCUT2D eigenvalue weighted by molar-refractivity contribution is 0.183. The van der Waals surface area contributed by atoms with Crippen molar-refractivity contribution in [2.45, 2.75) is 13.1 Å². The van der Waals surface area contributed by atoms with Crippen LogP contribution in [0, 0.1) is 0 Å². The van der Waals surface area contributed by atoms with Crippen molar-refractivity contribution in [3.63, 3.8) is 0 Å². The number of pyridine rings is 2. The smallest absolute Gasteiger partial charge is 0.350 e. The number of aromatic nitrogens is 4. The van der Waals surface area contributed by atoms with Gasteiger partial charge in [0.1, 0.15) is 0 Å². The number of aliphatic hydroxyl groups is 1. The normalized spacial score (nSPS) is 11.4. The van der Waals surface area contributed by atoms with Gasteiger partial charge in [-0.2, -0.15) is 0 Å². The van der Waals surface area contributed by atoms with Gasteiger partial charge < -0.3 is 5.11 Å². The largest absolute Gasteiger partial charge is 0.395 e. The number of hydrogen-bond donors (Lipinski definition) is 1. The first kappa shape index (κ1) is 15.4. The summed E-state index contributed by atoms with van der Waals surface area (Å²) in [5.74, 6) is 0. The van der Waals surface area contributed by atoms with Gasteiger partial charge in [0, 0.05) is 38.2 Å². The minimum absolute atomic E-state index is 0.0698. The second kappa shape index (κ2) is 7.17. The summed E-state index contributed by atoms with van der Waals surface area (Å²) in [4.78, 5) is 18.4. The molecule has 3 heterocycles. The molecule has 0 aliphatic rings. The lowest BCUT2D eigenvalue weighted by atomic mass is 10.2. The van der Waals surface area contributed by atoms with Gasteiger partial charge in [-0.15, -0.1) is 5.10 Å². The van der Waals surface area contributed by atoms with E-state index in [0.29, 0.717) is 31.8 Å². The van der Waals surface area contributed by atoms with Crippen LogP contribution in [-0.2, 0) is 13.1 Å². The van der Waals surface area contributed by atoms with Crippen LogP contribution in [0.4, 0.5) is 0 Å². The molecule has 0 spiro atoms. The maximum atomic E-state index is 12.2. The predicted octanol–water partition coefficient (Wildman–Crippen LogP) is 0.385. The number of rotatable bonds is 7. The fraction of sp³-hybridized carbons (Fsp3) is 0.312. The summed E-state index contributed by atoms with van der Waals surface area (Å²) in [5.41, 5.74) is 1.56. The average molecular weight is 313 g/mol. The molecular formula is C16H19N5O2. The van der Waals surface area contributed by atoms with Gasteiger partial charge in [0.25, 0.3) is 0 Å². The zero-order chi connectivity index (χ0) is 16.1. The number of fused-ring (bicyclic) bond motifs is 1. The Morgan fingerprint density at radius 1 is 1.17 bits per heavy atom. The molecule has 0 radical (unpaired) electrons. The second-order valence-corrected chi connectivity index (χ2v) is 5.30. The topological polar surface area (TPSA) is 75.7 Å². The number of nitrogens with zero attached hydrogens (tertiary/aromatic N) is 5. The molecule has 7 heteroatoms. The molecule has 0 atom stereocenters. The summed E-state index contributed by atoms with van der Waals surface area (Å²) in [5, 5.41) is 13.6. The van der Waals surface area contributed by atoms with Gasteiger partial charge in [-0.25, -0.2) is 9.48 Å². The first-order valence-electron chi connectivity index (χ1n) is 7.54. The van der Waals surface area contributed by atoms with E-state index in [4.69, 9.17) is 0 Å². The summed E-state index contributed by atoms with van der Waals surface area (Å²) in [6.45, 7) is 2.38. The van der Waals surface area contributed by atoms with Crippen molar-refractivity contribution in [3.8, 4) is 0 Å². The first-order chi connectivity index (χ1) is 11.3. The third-order valence-corrected chi connectivity index (χ3v) is 3.66. The van der Waals surface area contributed by atoms with Crippen LogP contribution < -0.4 is 5.69 Å². The van der Waals surface area contributed by atoms with Crippen LogP contribution in [0.2, 0.25) is 0 Å². The molecule has 0 aromatic carbocycles. The Labute approximate surface area is 133 Å². The quantitative estimate of drug-likeness (QED) is 0.683. The number of aliphatic hydroxyl groups excluding tert-OH is 1. The van der Waals surface area contributed by atoms with Crippen LogP contribution in [0.5, 0.6) is 0 Å². The van der Waals surface area contributed by atoms with E-state index in [1.807, 2.05) is 24.4 Å². The van der Waals surface area contributed by atoms with Crippen molar-refractivity contribution in [1.29, 1.82) is 0 Å². The standard InChI is InChI=1S/C16H19N5O2/c22-11-10-19(13-14-4-3-6-17-12-14)8-9-21-16(23)20-7-2-1-5-15(20)18-21/h1-7,12,22H,8-11,13H2. The minimum atomic E-state index is -0.147. The molecule has 0 aliphatic heterocycles.